The van der Waals surface area contributed by atoms with E-state index in [4.69, 9.17) is 30.5 Å². The molecule has 13 heteroatoms. The highest BCUT2D eigenvalue weighted by Crippen LogP contribution is 2.34. The molecule has 0 unspecified atom stereocenters. The van der Waals surface area contributed by atoms with Gasteiger partial charge in [-0.15, -0.1) is 0 Å². The first kappa shape index (κ1) is 32.4. The Hall–Kier alpha value is -4.55. The first-order valence-electron chi connectivity index (χ1n) is 13.4. The molecule has 44 heavy (non-hydrogen) atoms. The van der Waals surface area contributed by atoms with Crippen LogP contribution in [-0.4, -0.2) is 44.4 Å². The molecule has 0 aromatic heterocycles. The molecule has 0 radical (unpaired) electrons. The quantitative estimate of drug-likeness (QED) is 0.132. The molecule has 0 saturated carbocycles. The minimum atomic E-state index is -0.772. The third kappa shape index (κ3) is 8.29. The number of methoxy groups -OCH3 is 1. The van der Waals surface area contributed by atoms with Crippen LogP contribution in [0.5, 0.6) is 17.2 Å². The Morgan fingerprint density at radius 3 is 2.57 bits per heavy atom. The maximum atomic E-state index is 12.6. The number of rotatable bonds is 12. The summed E-state index contributed by atoms with van der Waals surface area (Å²) < 4.78 is 22.8. The molecule has 0 saturated heterocycles. The van der Waals surface area contributed by atoms with E-state index in [2.05, 4.69) is 37.1 Å². The average Bonchev–Trinajstić information content (AvgIpc) is 3.00. The van der Waals surface area contributed by atoms with Crippen molar-refractivity contribution in [2.75, 3.05) is 20.3 Å². The molecule has 3 aromatic carbocycles. The van der Waals surface area contributed by atoms with Crippen LogP contribution in [0.15, 0.2) is 81.5 Å². The van der Waals surface area contributed by atoms with Crippen molar-refractivity contribution in [3.8, 4) is 17.2 Å². The predicted molar refractivity (Wildman–Crippen MR) is 168 cm³/mol. The monoisotopic (exact) mass is 684 g/mol. The average molecular weight is 686 g/mol. The zero-order chi connectivity index (χ0) is 31.6. The molecule has 0 spiro atoms. The van der Waals surface area contributed by atoms with Gasteiger partial charge in [0.05, 0.1) is 36.0 Å². The summed E-state index contributed by atoms with van der Waals surface area (Å²) in [7, 11) is 1.44. The van der Waals surface area contributed by atoms with Gasteiger partial charge in [0.25, 0.3) is 5.91 Å². The smallest absolute Gasteiger partial charge is 0.338 e. The summed E-state index contributed by atoms with van der Waals surface area (Å²) >= 11 is 9.68. The van der Waals surface area contributed by atoms with Crippen LogP contribution in [-0.2, 0) is 20.9 Å². The molecular formula is C31H30BrClN4O7. The third-order valence-corrected chi connectivity index (χ3v) is 7.33. The summed E-state index contributed by atoms with van der Waals surface area (Å²) in [4.78, 5) is 37.1. The molecule has 230 valence electrons. The van der Waals surface area contributed by atoms with E-state index in [0.29, 0.717) is 38.9 Å². The first-order chi connectivity index (χ1) is 21.2. The van der Waals surface area contributed by atoms with E-state index in [9.17, 15) is 14.4 Å². The zero-order valence-electron chi connectivity index (χ0n) is 24.1. The van der Waals surface area contributed by atoms with Gasteiger partial charge >= 0.3 is 12.0 Å². The molecule has 0 bridgehead atoms. The summed E-state index contributed by atoms with van der Waals surface area (Å²) in [6, 6.07) is 16.5. The molecule has 0 aliphatic carbocycles. The standard InChI is InChI=1S/C31H30BrClN4O7/c1-4-42-30(39)28-18(2)35-31(40)36-29(28)20-10-12-25(26(14-20)41-3)44-17-27(38)37-34-15-19-9-11-24(22(32)13-19)43-16-21-7-5-6-8-23(21)33/h5-15,29H,4,16-17H2,1-3H3,(H,37,38)(H2,35,36,40)/b34-15-/t29-/m1/s1. The number of halogens is 2. The van der Waals surface area contributed by atoms with Crippen molar-refractivity contribution in [3.05, 3.63) is 98.1 Å². The molecule has 3 N–H and O–H groups in total. The van der Waals surface area contributed by atoms with Gasteiger partial charge in [-0.05, 0) is 77.3 Å². The lowest BCUT2D eigenvalue weighted by molar-refractivity contribution is -0.139. The number of allylic oxidation sites excluding steroid dienone is 1. The molecule has 1 aliphatic rings. The Balaban J connectivity index is 1.34. The fourth-order valence-corrected chi connectivity index (χ4v) is 4.95. The maximum Gasteiger partial charge on any atom is 0.338 e. The lowest BCUT2D eigenvalue weighted by Gasteiger charge is -2.28. The summed E-state index contributed by atoms with van der Waals surface area (Å²) in [5.41, 5.74) is 5.23. The highest BCUT2D eigenvalue weighted by molar-refractivity contribution is 9.10. The highest BCUT2D eigenvalue weighted by Gasteiger charge is 2.32. The van der Waals surface area contributed by atoms with Gasteiger partial charge in [0.2, 0.25) is 0 Å². The number of urea groups is 1. The van der Waals surface area contributed by atoms with Gasteiger partial charge in [-0.3, -0.25) is 4.79 Å². The number of nitrogens with one attached hydrogen (secondary N) is 3. The maximum absolute atomic E-state index is 12.6. The van der Waals surface area contributed by atoms with Crippen molar-refractivity contribution < 1.29 is 33.3 Å². The van der Waals surface area contributed by atoms with Crippen molar-refractivity contribution in [2.24, 2.45) is 5.10 Å². The van der Waals surface area contributed by atoms with E-state index in [1.807, 2.05) is 18.2 Å². The van der Waals surface area contributed by atoms with Crippen molar-refractivity contribution in [3.63, 3.8) is 0 Å². The molecule has 1 aliphatic heterocycles. The molecule has 11 nitrogen and oxygen atoms in total. The fourth-order valence-electron chi connectivity index (χ4n) is 4.25. The lowest BCUT2D eigenvalue weighted by Crippen LogP contribution is -2.45. The number of amides is 3. The van der Waals surface area contributed by atoms with E-state index in [-0.39, 0.29) is 24.5 Å². The second-order valence-corrected chi connectivity index (χ2v) is 10.6. The van der Waals surface area contributed by atoms with Gasteiger partial charge < -0.3 is 29.6 Å². The van der Waals surface area contributed by atoms with Gasteiger partial charge in [-0.25, -0.2) is 15.0 Å². The molecule has 1 heterocycles. The van der Waals surface area contributed by atoms with Crippen molar-refractivity contribution in [1.82, 2.24) is 16.1 Å². The van der Waals surface area contributed by atoms with E-state index < -0.39 is 23.9 Å². The number of hydrazone groups is 1. The summed E-state index contributed by atoms with van der Waals surface area (Å²) in [6.45, 7) is 3.48. The molecule has 3 amide bonds. The number of hydrogen-bond acceptors (Lipinski definition) is 8. The van der Waals surface area contributed by atoms with Crippen molar-refractivity contribution in [1.29, 1.82) is 0 Å². The summed E-state index contributed by atoms with van der Waals surface area (Å²) in [6.07, 6.45) is 1.49. The van der Waals surface area contributed by atoms with Crippen molar-refractivity contribution >= 4 is 51.7 Å². The predicted octanol–water partition coefficient (Wildman–Crippen LogP) is 5.41. The Morgan fingerprint density at radius 1 is 1.07 bits per heavy atom. The van der Waals surface area contributed by atoms with Gasteiger partial charge in [0.1, 0.15) is 12.4 Å². The molecule has 4 rings (SSSR count). The van der Waals surface area contributed by atoms with Crippen LogP contribution < -0.4 is 30.3 Å². The number of carbonyl (C=O) groups excluding carboxylic acids is 3. The highest BCUT2D eigenvalue weighted by atomic mass is 79.9. The Morgan fingerprint density at radius 2 is 1.84 bits per heavy atom. The molecular weight excluding hydrogens is 656 g/mol. The first-order valence-corrected chi connectivity index (χ1v) is 14.6. The van der Waals surface area contributed by atoms with Crippen LogP contribution in [0.25, 0.3) is 0 Å². The zero-order valence-corrected chi connectivity index (χ0v) is 26.5. The summed E-state index contributed by atoms with van der Waals surface area (Å²) in [5, 5.41) is 9.95. The molecule has 0 fully saturated rings. The number of esters is 1. The van der Waals surface area contributed by atoms with Crippen molar-refractivity contribution in [2.45, 2.75) is 26.5 Å². The van der Waals surface area contributed by atoms with Gasteiger partial charge in [0, 0.05) is 16.3 Å². The van der Waals surface area contributed by atoms with Crippen LogP contribution in [0.3, 0.4) is 0 Å². The van der Waals surface area contributed by atoms with E-state index in [1.165, 1.54) is 13.3 Å². The van der Waals surface area contributed by atoms with Gasteiger partial charge in [0.15, 0.2) is 18.1 Å². The lowest BCUT2D eigenvalue weighted by atomic mass is 9.95. The Kier molecular flexibility index (Phi) is 11.2. The van der Waals surface area contributed by atoms with E-state index in [0.717, 1.165) is 11.1 Å². The van der Waals surface area contributed by atoms with Crippen LogP contribution in [0.1, 0.15) is 36.6 Å². The van der Waals surface area contributed by atoms with E-state index >= 15 is 0 Å². The van der Waals surface area contributed by atoms with Gasteiger partial charge in [-0.2, -0.15) is 5.10 Å². The Bertz CT molecular complexity index is 1610. The minimum absolute atomic E-state index is 0.183. The number of benzene rings is 3. The van der Waals surface area contributed by atoms with Crippen LogP contribution >= 0.6 is 27.5 Å². The van der Waals surface area contributed by atoms with Crippen LogP contribution in [0.2, 0.25) is 5.02 Å². The third-order valence-electron chi connectivity index (χ3n) is 6.34. The van der Waals surface area contributed by atoms with E-state index in [1.54, 1.807) is 56.3 Å². The SMILES string of the molecule is CCOC(=O)C1=C(C)NC(=O)N[C@@H]1c1ccc(OCC(=O)N/N=C\c2ccc(OCc3ccccc3Cl)c(Br)c2)c(OC)c1. The molecule has 3 aromatic rings. The van der Waals surface area contributed by atoms with Crippen LogP contribution in [0.4, 0.5) is 4.79 Å². The topological polar surface area (TPSA) is 137 Å². The number of ether oxygens (including phenoxy) is 4. The Labute approximate surface area is 267 Å². The number of hydrogen-bond donors (Lipinski definition) is 3. The molecule has 1 atom stereocenters. The second-order valence-electron chi connectivity index (χ2n) is 9.35. The fraction of sp³-hybridized carbons (Fsp3) is 0.226. The largest absolute Gasteiger partial charge is 0.493 e. The van der Waals surface area contributed by atoms with Crippen LogP contribution in [0, 0.1) is 0 Å². The van der Waals surface area contributed by atoms with Gasteiger partial charge in [-0.1, -0.05) is 35.9 Å². The number of carbonyl (C=O) groups is 3. The summed E-state index contributed by atoms with van der Waals surface area (Å²) in [5.74, 6) is 0.161. The second kappa shape index (κ2) is 15.3. The number of nitrogens with zero attached hydrogens (tertiary/aromatic N) is 1. The minimum Gasteiger partial charge on any atom is -0.493 e. The normalized spacial score (nSPS) is 14.5.